The van der Waals surface area contributed by atoms with Crippen molar-refractivity contribution in [2.45, 2.75) is 26.8 Å². The highest BCUT2D eigenvalue weighted by molar-refractivity contribution is 5.32. The number of rotatable bonds is 3. The van der Waals surface area contributed by atoms with Gasteiger partial charge in [0.25, 0.3) is 0 Å². The van der Waals surface area contributed by atoms with Gasteiger partial charge in [-0.3, -0.25) is 4.98 Å². The van der Waals surface area contributed by atoms with Crippen molar-refractivity contribution in [1.29, 1.82) is 0 Å². The molecule has 0 bridgehead atoms. The van der Waals surface area contributed by atoms with Crippen molar-refractivity contribution in [1.82, 2.24) is 29.3 Å². The number of hydrogen-bond acceptors (Lipinski definition) is 4. The highest BCUT2D eigenvalue weighted by Crippen LogP contribution is 2.19. The average molecular weight is 268 g/mol. The van der Waals surface area contributed by atoms with Crippen molar-refractivity contribution in [2.24, 2.45) is 0 Å². The van der Waals surface area contributed by atoms with Crippen LogP contribution in [0.1, 0.15) is 30.3 Å². The van der Waals surface area contributed by atoms with Crippen molar-refractivity contribution >= 4 is 0 Å². The molecule has 0 aliphatic carbocycles. The molecule has 0 unspecified atom stereocenters. The largest absolute Gasteiger partial charge is 0.327 e. The summed E-state index contributed by atoms with van der Waals surface area (Å²) in [5, 5.41) is 4.50. The summed E-state index contributed by atoms with van der Waals surface area (Å²) in [7, 11) is 0. The summed E-state index contributed by atoms with van der Waals surface area (Å²) < 4.78 is 3.88. The van der Waals surface area contributed by atoms with Gasteiger partial charge in [0.15, 0.2) is 5.82 Å². The third-order valence-electron chi connectivity index (χ3n) is 3.21. The molecular formula is C14H16N6. The van der Waals surface area contributed by atoms with Gasteiger partial charge in [-0.05, 0) is 32.9 Å². The van der Waals surface area contributed by atoms with Crippen LogP contribution in [0, 0.1) is 13.8 Å². The Morgan fingerprint density at radius 1 is 1.20 bits per heavy atom. The summed E-state index contributed by atoms with van der Waals surface area (Å²) in [5.41, 5.74) is 1.93. The summed E-state index contributed by atoms with van der Waals surface area (Å²) in [5.74, 6) is 1.63. The van der Waals surface area contributed by atoms with Crippen molar-refractivity contribution < 1.29 is 0 Å². The van der Waals surface area contributed by atoms with Gasteiger partial charge >= 0.3 is 0 Å². The lowest BCUT2D eigenvalue weighted by molar-refractivity contribution is 0.578. The van der Waals surface area contributed by atoms with Crippen LogP contribution in [-0.2, 0) is 0 Å². The quantitative estimate of drug-likeness (QED) is 0.729. The Labute approximate surface area is 117 Å². The molecule has 3 rings (SSSR count). The fourth-order valence-corrected chi connectivity index (χ4v) is 2.19. The zero-order valence-corrected chi connectivity index (χ0v) is 11.7. The minimum absolute atomic E-state index is 0.0622. The van der Waals surface area contributed by atoms with E-state index in [0.717, 1.165) is 23.0 Å². The summed E-state index contributed by atoms with van der Waals surface area (Å²) in [6.45, 7) is 5.94. The Morgan fingerprint density at radius 3 is 2.75 bits per heavy atom. The van der Waals surface area contributed by atoms with E-state index in [4.69, 9.17) is 0 Å². The summed E-state index contributed by atoms with van der Waals surface area (Å²) >= 11 is 0. The SMILES string of the molecule is Cc1cc(-n2nc(C)nc2[C@@H](C)n2ccnc2)ccn1. The second-order valence-corrected chi connectivity index (χ2v) is 4.77. The second kappa shape index (κ2) is 4.88. The molecular weight excluding hydrogens is 252 g/mol. The van der Waals surface area contributed by atoms with Gasteiger partial charge in [0.1, 0.15) is 5.82 Å². The zero-order valence-electron chi connectivity index (χ0n) is 11.7. The van der Waals surface area contributed by atoms with Crippen LogP contribution in [0.4, 0.5) is 0 Å². The molecule has 6 heteroatoms. The maximum Gasteiger partial charge on any atom is 0.155 e. The number of nitrogens with zero attached hydrogens (tertiary/aromatic N) is 6. The lowest BCUT2D eigenvalue weighted by atomic mass is 10.3. The van der Waals surface area contributed by atoms with E-state index >= 15 is 0 Å². The molecule has 0 amide bonds. The second-order valence-electron chi connectivity index (χ2n) is 4.77. The van der Waals surface area contributed by atoms with E-state index < -0.39 is 0 Å². The molecule has 0 aliphatic heterocycles. The van der Waals surface area contributed by atoms with Crippen LogP contribution in [-0.4, -0.2) is 29.3 Å². The highest BCUT2D eigenvalue weighted by Gasteiger charge is 2.17. The topological polar surface area (TPSA) is 61.4 Å². The summed E-state index contributed by atoms with van der Waals surface area (Å²) in [6, 6.07) is 4.00. The lowest BCUT2D eigenvalue weighted by Gasteiger charge is -2.13. The van der Waals surface area contributed by atoms with Crippen LogP contribution in [0.15, 0.2) is 37.1 Å². The molecule has 0 radical (unpaired) electrons. The predicted molar refractivity (Wildman–Crippen MR) is 74.7 cm³/mol. The molecule has 0 saturated heterocycles. The van der Waals surface area contributed by atoms with Gasteiger partial charge in [-0.2, -0.15) is 5.10 Å². The molecule has 0 aliphatic rings. The smallest absolute Gasteiger partial charge is 0.155 e. The summed E-state index contributed by atoms with van der Waals surface area (Å²) in [6.07, 6.45) is 7.27. The molecule has 3 aromatic rings. The third-order valence-corrected chi connectivity index (χ3v) is 3.21. The minimum atomic E-state index is 0.0622. The van der Waals surface area contributed by atoms with Crippen LogP contribution >= 0.6 is 0 Å². The molecule has 3 aromatic heterocycles. The maximum atomic E-state index is 4.56. The van der Waals surface area contributed by atoms with Crippen LogP contribution < -0.4 is 0 Å². The van der Waals surface area contributed by atoms with Gasteiger partial charge in [-0.15, -0.1) is 0 Å². The molecule has 0 spiro atoms. The molecule has 102 valence electrons. The fraction of sp³-hybridized carbons (Fsp3) is 0.286. The molecule has 20 heavy (non-hydrogen) atoms. The van der Waals surface area contributed by atoms with Gasteiger partial charge in [-0.25, -0.2) is 14.6 Å². The van der Waals surface area contributed by atoms with E-state index in [1.807, 2.05) is 41.4 Å². The molecule has 0 aromatic carbocycles. The fourth-order valence-electron chi connectivity index (χ4n) is 2.19. The standard InChI is InChI=1S/C14H16N6/c1-10-8-13(4-5-16-10)20-14(17-12(3)18-20)11(2)19-7-6-15-9-19/h4-9,11H,1-3H3/t11-/m1/s1. The first-order valence-electron chi connectivity index (χ1n) is 6.49. The number of hydrogen-bond donors (Lipinski definition) is 0. The van der Waals surface area contributed by atoms with Gasteiger partial charge < -0.3 is 4.57 Å². The number of imidazole rings is 1. The van der Waals surface area contributed by atoms with E-state index in [-0.39, 0.29) is 6.04 Å². The van der Waals surface area contributed by atoms with Crippen molar-refractivity contribution in [3.8, 4) is 5.69 Å². The monoisotopic (exact) mass is 268 g/mol. The Bertz CT molecular complexity index is 713. The molecule has 3 heterocycles. The van der Waals surface area contributed by atoms with Crippen LogP contribution in [0.25, 0.3) is 5.69 Å². The van der Waals surface area contributed by atoms with Crippen molar-refractivity contribution in [3.63, 3.8) is 0 Å². The molecule has 6 nitrogen and oxygen atoms in total. The zero-order chi connectivity index (χ0) is 14.1. The first-order chi connectivity index (χ1) is 9.65. The van der Waals surface area contributed by atoms with Crippen molar-refractivity contribution in [3.05, 3.63) is 54.4 Å². The number of aromatic nitrogens is 6. The Kier molecular flexibility index (Phi) is 3.06. The molecule has 0 saturated carbocycles. The Morgan fingerprint density at radius 2 is 2.05 bits per heavy atom. The average Bonchev–Trinajstić information content (AvgIpc) is 3.07. The van der Waals surface area contributed by atoms with Crippen LogP contribution in [0.5, 0.6) is 0 Å². The normalized spacial score (nSPS) is 12.6. The first kappa shape index (κ1) is 12.5. The third kappa shape index (κ3) is 2.20. The van der Waals surface area contributed by atoms with Gasteiger partial charge in [0.2, 0.25) is 0 Å². The van der Waals surface area contributed by atoms with Crippen LogP contribution in [0.3, 0.4) is 0 Å². The number of pyridine rings is 1. The summed E-state index contributed by atoms with van der Waals surface area (Å²) in [4.78, 5) is 12.9. The van der Waals surface area contributed by atoms with E-state index in [1.54, 1.807) is 18.7 Å². The van der Waals surface area contributed by atoms with Gasteiger partial charge in [0, 0.05) is 24.3 Å². The Hall–Kier alpha value is -2.50. The van der Waals surface area contributed by atoms with E-state index in [2.05, 4.69) is 27.0 Å². The molecule has 0 fully saturated rings. The van der Waals surface area contributed by atoms with E-state index in [0.29, 0.717) is 0 Å². The number of aryl methyl sites for hydroxylation is 2. The maximum absolute atomic E-state index is 4.56. The Balaban J connectivity index is 2.09. The molecule has 0 N–H and O–H groups in total. The molecule has 1 atom stereocenters. The van der Waals surface area contributed by atoms with Gasteiger partial charge in [0.05, 0.1) is 18.1 Å². The predicted octanol–water partition coefficient (Wildman–Crippen LogP) is 2.08. The van der Waals surface area contributed by atoms with E-state index in [9.17, 15) is 0 Å². The van der Waals surface area contributed by atoms with Gasteiger partial charge in [-0.1, -0.05) is 0 Å². The van der Waals surface area contributed by atoms with Crippen molar-refractivity contribution in [2.75, 3.05) is 0 Å². The lowest BCUT2D eigenvalue weighted by Crippen LogP contribution is -2.12. The first-order valence-corrected chi connectivity index (χ1v) is 6.49. The van der Waals surface area contributed by atoms with E-state index in [1.165, 1.54) is 0 Å². The minimum Gasteiger partial charge on any atom is -0.327 e. The van der Waals surface area contributed by atoms with Crippen LogP contribution in [0.2, 0.25) is 0 Å². The highest BCUT2D eigenvalue weighted by atomic mass is 15.4.